The summed E-state index contributed by atoms with van der Waals surface area (Å²) in [6, 6.07) is 3.49. The van der Waals surface area contributed by atoms with E-state index in [2.05, 4.69) is 4.74 Å². The quantitative estimate of drug-likeness (QED) is 0.379. The Morgan fingerprint density at radius 1 is 1.64 bits per heavy atom. The van der Waals surface area contributed by atoms with E-state index in [0.29, 0.717) is 5.15 Å². The molecule has 0 aliphatic heterocycles. The van der Waals surface area contributed by atoms with Crippen molar-refractivity contribution in [2.45, 2.75) is 6.61 Å². The third kappa shape index (κ3) is 4.10. The maximum atomic E-state index is 10.3. The largest absolute Gasteiger partial charge is 1.00 e. The van der Waals surface area contributed by atoms with Gasteiger partial charge in [0.05, 0.1) is 5.56 Å². The van der Waals surface area contributed by atoms with Gasteiger partial charge in [-0.2, -0.15) is 4.57 Å². The van der Waals surface area contributed by atoms with Gasteiger partial charge in [-0.1, -0.05) is 0 Å². The smallest absolute Gasteiger partial charge is 0.404 e. The second-order valence-corrected chi connectivity index (χ2v) is 2.97. The van der Waals surface area contributed by atoms with Gasteiger partial charge in [-0.3, -0.25) is 0 Å². The van der Waals surface area contributed by atoms with E-state index in [1.807, 2.05) is 0 Å². The summed E-state index contributed by atoms with van der Waals surface area (Å²) in [5.74, 6) is 0. The lowest BCUT2D eigenvalue weighted by Gasteiger charge is -1.99. The number of carbonyl (C=O) groups excluding carboxylic acids is 1. The summed E-state index contributed by atoms with van der Waals surface area (Å²) < 4.78 is 6.33. The number of hydrogen-bond acceptors (Lipinski definition) is 2. The molecule has 0 aliphatic rings. The molecule has 2 N–H and O–H groups in total. The molecule has 4 nitrogen and oxygen atoms in total. The first kappa shape index (κ1) is 13.4. The number of carbonyl (C=O) groups is 1. The van der Waals surface area contributed by atoms with Crippen LogP contribution in [0.3, 0.4) is 0 Å². The molecule has 1 rings (SSSR count). The van der Waals surface area contributed by atoms with Crippen LogP contribution in [0, 0.1) is 0 Å². The minimum Gasteiger partial charge on any atom is -1.00 e. The zero-order valence-corrected chi connectivity index (χ0v) is 10.4. The topological polar surface area (TPSA) is 56.2 Å². The van der Waals surface area contributed by atoms with Gasteiger partial charge in [-0.25, -0.2) is 4.79 Å². The first-order chi connectivity index (χ1) is 6.09. The molecular formula is C8H10ClIN2O2. The first-order valence-electron chi connectivity index (χ1n) is 3.66. The van der Waals surface area contributed by atoms with Crippen LogP contribution < -0.4 is 34.3 Å². The number of aryl methyl sites for hydroxylation is 1. The highest BCUT2D eigenvalue weighted by molar-refractivity contribution is 6.28. The van der Waals surface area contributed by atoms with E-state index in [4.69, 9.17) is 17.3 Å². The molecule has 0 radical (unpaired) electrons. The van der Waals surface area contributed by atoms with Crippen molar-refractivity contribution in [1.82, 2.24) is 0 Å². The predicted octanol–water partition coefficient (Wildman–Crippen LogP) is -2.24. The maximum Gasteiger partial charge on any atom is 0.404 e. The van der Waals surface area contributed by atoms with Crippen LogP contribution >= 0.6 is 11.6 Å². The van der Waals surface area contributed by atoms with Crippen LogP contribution in [-0.4, -0.2) is 6.09 Å². The molecule has 0 bridgehead atoms. The van der Waals surface area contributed by atoms with Crippen molar-refractivity contribution in [3.8, 4) is 0 Å². The number of halogens is 2. The number of nitrogens with zero attached hydrogens (tertiary/aromatic N) is 1. The molecule has 6 heteroatoms. The van der Waals surface area contributed by atoms with Gasteiger partial charge in [0.25, 0.3) is 5.15 Å². The van der Waals surface area contributed by atoms with Crippen LogP contribution in [0.5, 0.6) is 0 Å². The van der Waals surface area contributed by atoms with Crippen molar-refractivity contribution in [2.24, 2.45) is 12.8 Å². The Kier molecular flexibility index (Phi) is 5.78. The molecule has 78 valence electrons. The highest BCUT2D eigenvalue weighted by Crippen LogP contribution is 2.03. The van der Waals surface area contributed by atoms with E-state index in [-0.39, 0.29) is 30.6 Å². The van der Waals surface area contributed by atoms with Crippen molar-refractivity contribution in [3.05, 3.63) is 29.0 Å². The van der Waals surface area contributed by atoms with Crippen molar-refractivity contribution >= 4 is 17.7 Å². The van der Waals surface area contributed by atoms with E-state index in [0.717, 1.165) is 5.56 Å². The zero-order valence-electron chi connectivity index (χ0n) is 7.54. The molecule has 1 aromatic heterocycles. The third-order valence-electron chi connectivity index (χ3n) is 1.51. The molecule has 0 saturated carbocycles. The molecule has 0 aromatic carbocycles. The summed E-state index contributed by atoms with van der Waals surface area (Å²) in [6.45, 7) is 0.167. The molecule has 0 fully saturated rings. The van der Waals surface area contributed by atoms with Crippen LogP contribution in [0.25, 0.3) is 0 Å². The maximum absolute atomic E-state index is 10.3. The second-order valence-electron chi connectivity index (χ2n) is 2.58. The Balaban J connectivity index is 0.00000169. The van der Waals surface area contributed by atoms with Gasteiger partial charge >= 0.3 is 6.09 Å². The van der Waals surface area contributed by atoms with Gasteiger partial charge in [-0.05, 0) is 17.7 Å². The highest BCUT2D eigenvalue weighted by atomic mass is 127. The molecule has 0 unspecified atom stereocenters. The Morgan fingerprint density at radius 2 is 2.29 bits per heavy atom. The molecular weight excluding hydrogens is 318 g/mol. The van der Waals surface area contributed by atoms with Gasteiger partial charge in [0.15, 0.2) is 6.20 Å². The minimum atomic E-state index is -0.780. The number of rotatable bonds is 2. The lowest BCUT2D eigenvalue weighted by atomic mass is 10.3. The lowest BCUT2D eigenvalue weighted by molar-refractivity contribution is -0.669. The molecule has 0 atom stereocenters. The van der Waals surface area contributed by atoms with Crippen LogP contribution in [-0.2, 0) is 18.4 Å². The van der Waals surface area contributed by atoms with Gasteiger partial charge in [-0.15, -0.1) is 0 Å². The second kappa shape index (κ2) is 6.02. The monoisotopic (exact) mass is 328 g/mol. The highest BCUT2D eigenvalue weighted by Gasteiger charge is 2.05. The standard InChI is InChI=1S/C8H9ClN2O2.HI/c1-11-4-6(2-3-7(11)9)5-13-8(10)12;/h2-4H,5H2,1H3,(H-,10,12);1H. The Hall–Kier alpha value is -0.560. The summed E-state index contributed by atoms with van der Waals surface area (Å²) >= 11 is 5.77. The number of ether oxygens (including phenoxy) is 1. The molecule has 1 amide bonds. The van der Waals surface area contributed by atoms with E-state index in [9.17, 15) is 4.79 Å². The normalized spacial score (nSPS) is 9.00. The van der Waals surface area contributed by atoms with E-state index in [1.54, 1.807) is 29.9 Å². The van der Waals surface area contributed by atoms with Crippen LogP contribution in [0.4, 0.5) is 4.79 Å². The Morgan fingerprint density at radius 3 is 2.79 bits per heavy atom. The minimum absolute atomic E-state index is 0. The third-order valence-corrected chi connectivity index (χ3v) is 1.91. The van der Waals surface area contributed by atoms with E-state index < -0.39 is 6.09 Å². The zero-order chi connectivity index (χ0) is 9.84. The number of primary amides is 1. The van der Waals surface area contributed by atoms with Crippen LogP contribution in [0.1, 0.15) is 5.56 Å². The fourth-order valence-electron chi connectivity index (χ4n) is 0.887. The Labute approximate surface area is 104 Å². The molecule has 14 heavy (non-hydrogen) atoms. The van der Waals surface area contributed by atoms with Gasteiger partial charge in [0.2, 0.25) is 0 Å². The summed E-state index contributed by atoms with van der Waals surface area (Å²) in [4.78, 5) is 10.3. The van der Waals surface area contributed by atoms with Gasteiger partial charge in [0, 0.05) is 6.07 Å². The molecule has 1 heterocycles. The van der Waals surface area contributed by atoms with Crippen LogP contribution in [0.15, 0.2) is 18.3 Å². The van der Waals surface area contributed by atoms with E-state index in [1.165, 1.54) is 0 Å². The van der Waals surface area contributed by atoms with Gasteiger partial charge in [0.1, 0.15) is 13.7 Å². The van der Waals surface area contributed by atoms with Crippen molar-refractivity contribution in [2.75, 3.05) is 0 Å². The summed E-state index contributed by atoms with van der Waals surface area (Å²) in [6.07, 6.45) is 0.989. The summed E-state index contributed by atoms with van der Waals surface area (Å²) in [5, 5.41) is 0.614. The summed E-state index contributed by atoms with van der Waals surface area (Å²) in [7, 11) is 1.80. The first-order valence-corrected chi connectivity index (χ1v) is 4.03. The van der Waals surface area contributed by atoms with Gasteiger partial charge < -0.3 is 34.4 Å². The predicted molar refractivity (Wildman–Crippen MR) is 47.0 cm³/mol. The number of pyridine rings is 1. The molecule has 1 aromatic rings. The number of hydrogen-bond donors (Lipinski definition) is 1. The fourth-order valence-corrected chi connectivity index (χ4v) is 0.998. The molecule has 0 aliphatic carbocycles. The van der Waals surface area contributed by atoms with Crippen molar-refractivity contribution in [1.29, 1.82) is 0 Å². The number of aromatic nitrogens is 1. The Bertz CT molecular complexity index is 333. The van der Waals surface area contributed by atoms with Crippen molar-refractivity contribution < 1.29 is 38.1 Å². The lowest BCUT2D eigenvalue weighted by Crippen LogP contribution is -3.00. The number of nitrogens with two attached hydrogens (primary N) is 1. The SMILES string of the molecule is C[n+]1cc(COC(N)=O)ccc1Cl.[I-]. The molecule has 0 saturated heterocycles. The average Bonchev–Trinajstić information content (AvgIpc) is 2.07. The molecule has 0 spiro atoms. The van der Waals surface area contributed by atoms with Crippen molar-refractivity contribution in [3.63, 3.8) is 0 Å². The van der Waals surface area contributed by atoms with E-state index >= 15 is 0 Å². The average molecular weight is 329 g/mol. The fraction of sp³-hybridized carbons (Fsp3) is 0.250. The number of amides is 1. The van der Waals surface area contributed by atoms with Crippen LogP contribution in [0.2, 0.25) is 5.15 Å². The summed E-state index contributed by atoms with van der Waals surface area (Å²) in [5.41, 5.74) is 5.65.